The predicted octanol–water partition coefficient (Wildman–Crippen LogP) is 3.32. The van der Waals surface area contributed by atoms with Gasteiger partial charge in [-0.2, -0.15) is 0 Å². The van der Waals surface area contributed by atoms with Crippen molar-refractivity contribution < 1.29 is 0 Å². The molecule has 1 unspecified atom stereocenters. The van der Waals surface area contributed by atoms with Crippen molar-refractivity contribution in [3.8, 4) is 0 Å². The molecule has 2 N–H and O–H groups in total. The Morgan fingerprint density at radius 1 is 1.14 bits per heavy atom. The first-order valence-electron chi connectivity index (χ1n) is 6.05. The van der Waals surface area contributed by atoms with Gasteiger partial charge in [0.15, 0.2) is 0 Å². The Balaban J connectivity index is 4.44. The molecule has 0 amide bonds. The second-order valence-corrected chi connectivity index (χ2v) is 4.66. The Hall–Kier alpha value is -0.0800. The van der Waals surface area contributed by atoms with Gasteiger partial charge in [-0.1, -0.05) is 33.6 Å². The molecule has 0 aromatic carbocycles. The van der Waals surface area contributed by atoms with Crippen LogP contribution in [-0.4, -0.2) is 16.6 Å². The summed E-state index contributed by atoms with van der Waals surface area (Å²) in [5.41, 5.74) is 0.193. The fourth-order valence-electron chi connectivity index (χ4n) is 2.19. The summed E-state index contributed by atoms with van der Waals surface area (Å²) in [6.45, 7) is 11.2. The summed E-state index contributed by atoms with van der Waals surface area (Å²) in [6, 6.07) is 0.484. The van der Waals surface area contributed by atoms with Crippen LogP contribution in [0.15, 0.2) is 0 Å². The van der Waals surface area contributed by atoms with Crippen molar-refractivity contribution in [3.63, 3.8) is 0 Å². The van der Waals surface area contributed by atoms with Crippen LogP contribution < -0.4 is 5.84 Å². The first-order chi connectivity index (χ1) is 6.51. The molecule has 14 heavy (non-hydrogen) atoms. The molecule has 0 spiro atoms. The average Bonchev–Trinajstić information content (AvgIpc) is 2.16. The van der Waals surface area contributed by atoms with E-state index in [2.05, 4.69) is 39.6 Å². The highest BCUT2D eigenvalue weighted by atomic mass is 15.5. The summed E-state index contributed by atoms with van der Waals surface area (Å²) in [5, 5.41) is 2.08. The normalized spacial score (nSPS) is 14.8. The molecule has 0 aromatic heterocycles. The van der Waals surface area contributed by atoms with Crippen molar-refractivity contribution in [2.24, 2.45) is 5.84 Å². The number of rotatable bonds is 7. The molecular formula is C12H28N2. The van der Waals surface area contributed by atoms with Crippen LogP contribution in [-0.2, 0) is 0 Å². The number of hydrazine groups is 1. The van der Waals surface area contributed by atoms with E-state index >= 15 is 0 Å². The topological polar surface area (TPSA) is 29.3 Å². The molecule has 2 nitrogen and oxygen atoms in total. The van der Waals surface area contributed by atoms with Gasteiger partial charge in [-0.25, -0.2) is 5.01 Å². The molecule has 0 bridgehead atoms. The Kier molecular flexibility index (Phi) is 6.38. The van der Waals surface area contributed by atoms with E-state index in [0.717, 1.165) is 6.42 Å². The third-order valence-electron chi connectivity index (χ3n) is 3.27. The van der Waals surface area contributed by atoms with E-state index in [0.29, 0.717) is 6.04 Å². The molecule has 2 heteroatoms. The van der Waals surface area contributed by atoms with Gasteiger partial charge in [-0.05, 0) is 33.1 Å². The summed E-state index contributed by atoms with van der Waals surface area (Å²) in [6.07, 6.45) is 5.93. The fourth-order valence-corrected chi connectivity index (χ4v) is 2.19. The second-order valence-electron chi connectivity index (χ2n) is 4.66. The van der Waals surface area contributed by atoms with Crippen molar-refractivity contribution in [1.29, 1.82) is 0 Å². The quantitative estimate of drug-likeness (QED) is 0.504. The number of hydrogen-bond acceptors (Lipinski definition) is 2. The van der Waals surface area contributed by atoms with Crippen LogP contribution in [0.4, 0.5) is 0 Å². The third-order valence-corrected chi connectivity index (χ3v) is 3.27. The zero-order chi connectivity index (χ0) is 11.2. The van der Waals surface area contributed by atoms with Gasteiger partial charge < -0.3 is 0 Å². The van der Waals surface area contributed by atoms with E-state index in [-0.39, 0.29) is 5.54 Å². The summed E-state index contributed by atoms with van der Waals surface area (Å²) in [4.78, 5) is 0. The summed E-state index contributed by atoms with van der Waals surface area (Å²) in [5.74, 6) is 6.21. The van der Waals surface area contributed by atoms with E-state index in [1.165, 1.54) is 25.7 Å². The minimum absolute atomic E-state index is 0.193. The summed E-state index contributed by atoms with van der Waals surface area (Å²) >= 11 is 0. The lowest BCUT2D eigenvalue weighted by Gasteiger charge is -2.41. The predicted molar refractivity (Wildman–Crippen MR) is 64.0 cm³/mol. The van der Waals surface area contributed by atoms with Crippen LogP contribution in [0, 0.1) is 0 Å². The molecule has 0 radical (unpaired) electrons. The van der Waals surface area contributed by atoms with Gasteiger partial charge >= 0.3 is 0 Å². The Bertz CT molecular complexity index is 139. The van der Waals surface area contributed by atoms with Crippen molar-refractivity contribution in [2.75, 3.05) is 0 Å². The molecule has 0 fully saturated rings. The lowest BCUT2D eigenvalue weighted by molar-refractivity contribution is 0.0441. The van der Waals surface area contributed by atoms with E-state index < -0.39 is 0 Å². The smallest absolute Gasteiger partial charge is 0.0326 e. The molecule has 0 aliphatic heterocycles. The Morgan fingerprint density at radius 2 is 1.57 bits per heavy atom. The minimum Gasteiger partial charge on any atom is -0.268 e. The lowest BCUT2D eigenvalue weighted by Crippen LogP contribution is -2.54. The molecule has 0 rings (SSSR count). The molecule has 0 aliphatic carbocycles. The Morgan fingerprint density at radius 3 is 1.86 bits per heavy atom. The van der Waals surface area contributed by atoms with Gasteiger partial charge in [-0.15, -0.1) is 0 Å². The van der Waals surface area contributed by atoms with E-state index in [1.807, 2.05) is 0 Å². The summed E-state index contributed by atoms with van der Waals surface area (Å²) in [7, 11) is 0. The standard InChI is InChI=1S/C12H28N2/c1-6-9-12(5,10-7-2)14(13)11(4)8-3/h11H,6-10,13H2,1-5H3. The van der Waals surface area contributed by atoms with E-state index in [4.69, 9.17) is 5.84 Å². The van der Waals surface area contributed by atoms with Gasteiger partial charge in [0.05, 0.1) is 0 Å². The summed E-state index contributed by atoms with van der Waals surface area (Å²) < 4.78 is 0. The largest absolute Gasteiger partial charge is 0.268 e. The van der Waals surface area contributed by atoms with Crippen LogP contribution in [0.5, 0.6) is 0 Å². The zero-order valence-electron chi connectivity index (χ0n) is 10.6. The van der Waals surface area contributed by atoms with Crippen molar-refractivity contribution in [1.82, 2.24) is 5.01 Å². The maximum atomic E-state index is 6.21. The highest BCUT2D eigenvalue weighted by Crippen LogP contribution is 2.26. The lowest BCUT2D eigenvalue weighted by atomic mass is 9.89. The highest BCUT2D eigenvalue weighted by Gasteiger charge is 2.30. The first-order valence-corrected chi connectivity index (χ1v) is 6.05. The average molecular weight is 200 g/mol. The second kappa shape index (κ2) is 6.41. The van der Waals surface area contributed by atoms with Crippen molar-refractivity contribution >= 4 is 0 Å². The number of nitrogens with zero attached hydrogens (tertiary/aromatic N) is 1. The van der Waals surface area contributed by atoms with E-state index in [9.17, 15) is 0 Å². The van der Waals surface area contributed by atoms with Crippen LogP contribution in [0.25, 0.3) is 0 Å². The molecule has 0 heterocycles. The SMILES string of the molecule is CCCC(C)(CCC)N(N)C(C)CC. The fraction of sp³-hybridized carbons (Fsp3) is 1.00. The van der Waals surface area contributed by atoms with Crippen LogP contribution in [0.3, 0.4) is 0 Å². The maximum Gasteiger partial charge on any atom is 0.0326 e. The minimum atomic E-state index is 0.193. The van der Waals surface area contributed by atoms with Crippen LogP contribution >= 0.6 is 0 Å². The monoisotopic (exact) mass is 200 g/mol. The van der Waals surface area contributed by atoms with Gasteiger partial charge in [0, 0.05) is 11.6 Å². The highest BCUT2D eigenvalue weighted by molar-refractivity contribution is 4.84. The van der Waals surface area contributed by atoms with Gasteiger partial charge in [0.25, 0.3) is 0 Å². The van der Waals surface area contributed by atoms with E-state index in [1.54, 1.807) is 0 Å². The molecule has 0 aliphatic rings. The first kappa shape index (κ1) is 13.9. The maximum absolute atomic E-state index is 6.21. The van der Waals surface area contributed by atoms with Crippen molar-refractivity contribution in [3.05, 3.63) is 0 Å². The molecule has 0 saturated carbocycles. The van der Waals surface area contributed by atoms with Crippen LogP contribution in [0.2, 0.25) is 0 Å². The van der Waals surface area contributed by atoms with Crippen molar-refractivity contribution in [2.45, 2.75) is 78.3 Å². The van der Waals surface area contributed by atoms with Gasteiger partial charge in [-0.3, -0.25) is 5.84 Å². The molecular weight excluding hydrogens is 172 g/mol. The number of nitrogens with two attached hydrogens (primary N) is 1. The van der Waals surface area contributed by atoms with Gasteiger partial charge in [0.1, 0.15) is 0 Å². The molecule has 1 atom stereocenters. The molecule has 0 aromatic rings. The number of hydrogen-bond donors (Lipinski definition) is 1. The zero-order valence-corrected chi connectivity index (χ0v) is 10.6. The molecule has 0 saturated heterocycles. The van der Waals surface area contributed by atoms with Crippen LogP contribution in [0.1, 0.15) is 66.7 Å². The Labute approximate surface area is 89.8 Å². The third kappa shape index (κ3) is 3.58. The van der Waals surface area contributed by atoms with Gasteiger partial charge in [0.2, 0.25) is 0 Å². The molecule has 86 valence electrons.